The molecule has 0 N–H and O–H groups in total. The minimum atomic E-state index is -0.627. The highest BCUT2D eigenvalue weighted by molar-refractivity contribution is 6.30. The van der Waals surface area contributed by atoms with Crippen LogP contribution in [0.25, 0.3) is 0 Å². The number of nitrogens with zero attached hydrogens (tertiary/aromatic N) is 1. The van der Waals surface area contributed by atoms with Gasteiger partial charge in [-0.2, -0.15) is 0 Å². The number of hydrogen-bond donors (Lipinski definition) is 0. The van der Waals surface area contributed by atoms with Gasteiger partial charge in [-0.3, -0.25) is 9.59 Å². The fraction of sp³-hybridized carbons (Fsp3) is 0.417. The van der Waals surface area contributed by atoms with E-state index in [-0.39, 0.29) is 17.6 Å². The summed E-state index contributed by atoms with van der Waals surface area (Å²) < 4.78 is 18.9. The Labute approximate surface area is 182 Å². The Balaban J connectivity index is 1.55. The molecule has 6 heteroatoms. The fourth-order valence-corrected chi connectivity index (χ4v) is 4.00. The standard InChI is InChI=1S/C24H27ClFNO3/c1-2-23(29)30-24(19-7-9-20(25)10-8-19)13-16-27(17-14-24)15-3-4-22(28)18-5-11-21(26)12-6-18/h5-12H,2-4,13-17H2,1H3. The monoisotopic (exact) mass is 431 g/mol. The first-order valence-electron chi connectivity index (χ1n) is 10.4. The topological polar surface area (TPSA) is 46.6 Å². The van der Waals surface area contributed by atoms with Gasteiger partial charge in [0.05, 0.1) is 0 Å². The number of piperidine rings is 1. The number of halogens is 2. The van der Waals surface area contributed by atoms with E-state index < -0.39 is 5.60 Å². The van der Waals surface area contributed by atoms with Gasteiger partial charge in [0.15, 0.2) is 5.78 Å². The molecule has 1 fully saturated rings. The lowest BCUT2D eigenvalue weighted by molar-refractivity contribution is -0.166. The number of hydrogen-bond acceptors (Lipinski definition) is 4. The van der Waals surface area contributed by atoms with Gasteiger partial charge in [-0.1, -0.05) is 30.7 Å². The molecule has 1 aliphatic rings. The van der Waals surface area contributed by atoms with Gasteiger partial charge in [-0.05, 0) is 54.9 Å². The maximum absolute atomic E-state index is 13.0. The molecule has 0 atom stereocenters. The molecule has 3 rings (SSSR count). The normalized spacial score (nSPS) is 16.2. The van der Waals surface area contributed by atoms with Crippen LogP contribution < -0.4 is 0 Å². The first kappa shape index (κ1) is 22.4. The van der Waals surface area contributed by atoms with E-state index in [0.29, 0.717) is 36.3 Å². The second-order valence-corrected chi connectivity index (χ2v) is 8.14. The number of ether oxygens (including phenoxy) is 1. The minimum Gasteiger partial charge on any atom is -0.454 e. The zero-order valence-electron chi connectivity index (χ0n) is 17.2. The summed E-state index contributed by atoms with van der Waals surface area (Å²) in [4.78, 5) is 26.6. The summed E-state index contributed by atoms with van der Waals surface area (Å²) in [5.74, 6) is -0.518. The molecule has 160 valence electrons. The average molecular weight is 432 g/mol. The molecule has 2 aromatic carbocycles. The highest BCUT2D eigenvalue weighted by Gasteiger charge is 2.39. The van der Waals surface area contributed by atoms with Crippen LogP contribution in [0.1, 0.15) is 54.9 Å². The third-order valence-electron chi connectivity index (χ3n) is 5.68. The van der Waals surface area contributed by atoms with Gasteiger partial charge >= 0.3 is 5.97 Å². The van der Waals surface area contributed by atoms with Crippen LogP contribution in [0.5, 0.6) is 0 Å². The van der Waals surface area contributed by atoms with E-state index in [4.69, 9.17) is 16.3 Å². The maximum atomic E-state index is 13.0. The number of ketones is 1. The summed E-state index contributed by atoms with van der Waals surface area (Å²) in [5, 5.41) is 0.652. The molecule has 0 amide bonds. The summed E-state index contributed by atoms with van der Waals surface area (Å²) >= 11 is 6.02. The number of rotatable bonds is 8. The number of carbonyl (C=O) groups is 2. The molecule has 1 heterocycles. The molecule has 0 radical (unpaired) electrons. The Morgan fingerprint density at radius 3 is 2.30 bits per heavy atom. The summed E-state index contributed by atoms with van der Waals surface area (Å²) in [7, 11) is 0. The van der Waals surface area contributed by atoms with Crippen molar-refractivity contribution in [1.29, 1.82) is 0 Å². The van der Waals surface area contributed by atoms with E-state index >= 15 is 0 Å². The van der Waals surface area contributed by atoms with Gasteiger partial charge in [0.2, 0.25) is 0 Å². The van der Waals surface area contributed by atoms with Crippen molar-refractivity contribution < 1.29 is 18.7 Å². The quantitative estimate of drug-likeness (QED) is 0.415. The van der Waals surface area contributed by atoms with Crippen LogP contribution in [0.3, 0.4) is 0 Å². The first-order chi connectivity index (χ1) is 14.4. The van der Waals surface area contributed by atoms with Crippen LogP contribution in [0.4, 0.5) is 4.39 Å². The molecule has 0 saturated carbocycles. The Hall–Kier alpha value is -2.24. The SMILES string of the molecule is CCC(=O)OC1(c2ccc(Cl)cc2)CCN(CCCC(=O)c2ccc(F)cc2)CC1. The van der Waals surface area contributed by atoms with Crippen molar-refractivity contribution in [3.63, 3.8) is 0 Å². The van der Waals surface area contributed by atoms with Gasteiger partial charge in [0.1, 0.15) is 11.4 Å². The predicted molar refractivity (Wildman–Crippen MR) is 115 cm³/mol. The van der Waals surface area contributed by atoms with Crippen molar-refractivity contribution in [2.24, 2.45) is 0 Å². The molecule has 1 aliphatic heterocycles. The predicted octanol–water partition coefficient (Wildman–Crippen LogP) is 5.39. The zero-order chi connectivity index (χ0) is 21.6. The van der Waals surface area contributed by atoms with E-state index in [2.05, 4.69) is 4.90 Å². The molecule has 0 aliphatic carbocycles. The third-order valence-corrected chi connectivity index (χ3v) is 5.93. The smallest absolute Gasteiger partial charge is 0.306 e. The second-order valence-electron chi connectivity index (χ2n) is 7.70. The van der Waals surface area contributed by atoms with E-state index in [1.807, 2.05) is 24.3 Å². The van der Waals surface area contributed by atoms with E-state index in [0.717, 1.165) is 31.6 Å². The molecule has 1 saturated heterocycles. The highest BCUT2D eigenvalue weighted by atomic mass is 35.5. The minimum absolute atomic E-state index is 0.0272. The molecule has 0 unspecified atom stereocenters. The number of Topliss-reactive ketones (excluding diaryl/α,β-unsaturated/α-hetero) is 1. The van der Waals surface area contributed by atoms with Crippen LogP contribution >= 0.6 is 11.6 Å². The van der Waals surface area contributed by atoms with E-state index in [1.165, 1.54) is 24.3 Å². The number of benzene rings is 2. The zero-order valence-corrected chi connectivity index (χ0v) is 18.0. The number of carbonyl (C=O) groups excluding carboxylic acids is 2. The van der Waals surface area contributed by atoms with Crippen LogP contribution in [0.2, 0.25) is 5.02 Å². The molecular weight excluding hydrogens is 405 g/mol. The summed E-state index contributed by atoms with van der Waals surface area (Å²) in [6.07, 6.45) is 2.90. The molecule has 0 aromatic heterocycles. The molecule has 30 heavy (non-hydrogen) atoms. The molecule has 0 bridgehead atoms. The van der Waals surface area contributed by atoms with Crippen molar-refractivity contribution in [1.82, 2.24) is 4.90 Å². The average Bonchev–Trinajstić information content (AvgIpc) is 2.75. The Kier molecular flexibility index (Phi) is 7.62. The van der Waals surface area contributed by atoms with Gasteiger partial charge in [0, 0.05) is 49.4 Å². The summed E-state index contributed by atoms with van der Waals surface area (Å²) in [6, 6.07) is 13.2. The number of likely N-dealkylation sites (tertiary alicyclic amines) is 1. The lowest BCUT2D eigenvalue weighted by Crippen LogP contribution is -2.45. The van der Waals surface area contributed by atoms with Crippen LogP contribution in [0, 0.1) is 5.82 Å². The molecule has 4 nitrogen and oxygen atoms in total. The van der Waals surface area contributed by atoms with Crippen molar-refractivity contribution in [3.8, 4) is 0 Å². The fourth-order valence-electron chi connectivity index (χ4n) is 3.87. The first-order valence-corrected chi connectivity index (χ1v) is 10.8. The van der Waals surface area contributed by atoms with Crippen molar-refractivity contribution in [2.45, 2.75) is 44.6 Å². The molecule has 0 spiro atoms. The highest BCUT2D eigenvalue weighted by Crippen LogP contribution is 2.37. The second kappa shape index (κ2) is 10.2. The Morgan fingerprint density at radius 1 is 1.07 bits per heavy atom. The van der Waals surface area contributed by atoms with Gasteiger partial charge in [0.25, 0.3) is 0 Å². The van der Waals surface area contributed by atoms with E-state index in [9.17, 15) is 14.0 Å². The van der Waals surface area contributed by atoms with Crippen molar-refractivity contribution >= 4 is 23.4 Å². The molecular formula is C24H27ClFNO3. The van der Waals surface area contributed by atoms with Crippen LogP contribution in [-0.2, 0) is 15.1 Å². The van der Waals surface area contributed by atoms with Gasteiger partial charge in [-0.15, -0.1) is 0 Å². The van der Waals surface area contributed by atoms with Gasteiger partial charge < -0.3 is 9.64 Å². The summed E-state index contributed by atoms with van der Waals surface area (Å²) in [5.41, 5.74) is 0.890. The maximum Gasteiger partial charge on any atom is 0.306 e. The third kappa shape index (κ3) is 5.67. The summed E-state index contributed by atoms with van der Waals surface area (Å²) in [6.45, 7) is 4.16. The van der Waals surface area contributed by atoms with E-state index in [1.54, 1.807) is 6.92 Å². The Morgan fingerprint density at radius 2 is 1.70 bits per heavy atom. The Bertz CT molecular complexity index is 859. The van der Waals surface area contributed by atoms with Crippen LogP contribution in [-0.4, -0.2) is 36.3 Å². The number of esters is 1. The van der Waals surface area contributed by atoms with Gasteiger partial charge in [-0.25, -0.2) is 4.39 Å². The van der Waals surface area contributed by atoms with Crippen molar-refractivity contribution in [2.75, 3.05) is 19.6 Å². The van der Waals surface area contributed by atoms with Crippen LogP contribution in [0.15, 0.2) is 48.5 Å². The largest absolute Gasteiger partial charge is 0.454 e. The lowest BCUT2D eigenvalue weighted by Gasteiger charge is -2.41. The molecule has 2 aromatic rings. The van der Waals surface area contributed by atoms with Crippen molar-refractivity contribution in [3.05, 3.63) is 70.5 Å². The lowest BCUT2D eigenvalue weighted by atomic mass is 9.84.